The zero-order valence-electron chi connectivity index (χ0n) is 10.3. The van der Waals surface area contributed by atoms with Crippen molar-refractivity contribution in [1.82, 2.24) is 0 Å². The molecule has 0 fully saturated rings. The van der Waals surface area contributed by atoms with E-state index in [4.69, 9.17) is 4.74 Å². The molecule has 0 amide bonds. The van der Waals surface area contributed by atoms with Gasteiger partial charge in [0.25, 0.3) is 0 Å². The first-order valence-electron chi connectivity index (χ1n) is 6.10. The first-order chi connectivity index (χ1) is 8.25. The van der Waals surface area contributed by atoms with E-state index < -0.39 is 0 Å². The number of fused-ring (bicyclic) bond motifs is 2. The van der Waals surface area contributed by atoms with Crippen LogP contribution in [0.2, 0.25) is 0 Å². The molecule has 0 radical (unpaired) electrons. The second kappa shape index (κ2) is 3.92. The Labute approximate surface area is 102 Å². The summed E-state index contributed by atoms with van der Waals surface area (Å²) >= 11 is 0. The van der Waals surface area contributed by atoms with Crippen LogP contribution in [-0.4, -0.2) is 0 Å². The van der Waals surface area contributed by atoms with Crippen LogP contribution < -0.4 is 4.74 Å². The Morgan fingerprint density at radius 1 is 0.765 bits per heavy atom. The number of aryl methyl sites for hydroxylation is 2. The molecule has 2 aromatic rings. The first kappa shape index (κ1) is 10.4. The molecule has 0 saturated heterocycles. The van der Waals surface area contributed by atoms with Crippen molar-refractivity contribution in [2.75, 3.05) is 0 Å². The lowest BCUT2D eigenvalue weighted by atomic mass is 9.98. The molecule has 1 heterocycles. The Kier molecular flexibility index (Phi) is 2.40. The molecule has 1 heteroatoms. The van der Waals surface area contributed by atoms with Gasteiger partial charge in [0, 0.05) is 0 Å². The molecule has 2 aromatic carbocycles. The van der Waals surface area contributed by atoms with Crippen molar-refractivity contribution >= 4 is 0 Å². The van der Waals surface area contributed by atoms with Crippen molar-refractivity contribution in [3.05, 3.63) is 58.7 Å². The quantitative estimate of drug-likeness (QED) is 0.651. The van der Waals surface area contributed by atoms with Gasteiger partial charge in [-0.2, -0.15) is 0 Å². The molecular formula is C16H16O. The van der Waals surface area contributed by atoms with Gasteiger partial charge < -0.3 is 4.74 Å². The highest BCUT2D eigenvalue weighted by Gasteiger charge is 2.16. The van der Waals surface area contributed by atoms with Crippen LogP contribution >= 0.6 is 0 Å². The van der Waals surface area contributed by atoms with Crippen molar-refractivity contribution in [1.29, 1.82) is 0 Å². The fourth-order valence-electron chi connectivity index (χ4n) is 2.55. The molecule has 0 unspecified atom stereocenters. The number of hydrogen-bond acceptors (Lipinski definition) is 1. The van der Waals surface area contributed by atoms with Crippen molar-refractivity contribution in [2.45, 2.75) is 26.7 Å². The maximum absolute atomic E-state index is 6.06. The predicted molar refractivity (Wildman–Crippen MR) is 69.8 cm³/mol. The highest BCUT2D eigenvalue weighted by atomic mass is 16.5. The summed E-state index contributed by atoms with van der Waals surface area (Å²) in [7, 11) is 0. The Balaban J connectivity index is 2.14. The summed E-state index contributed by atoms with van der Waals surface area (Å²) in [5.41, 5.74) is 5.35. The Morgan fingerprint density at radius 3 is 1.71 bits per heavy atom. The van der Waals surface area contributed by atoms with Gasteiger partial charge in [0.2, 0.25) is 0 Å². The van der Waals surface area contributed by atoms with Crippen LogP contribution in [0.1, 0.15) is 22.3 Å². The van der Waals surface area contributed by atoms with E-state index >= 15 is 0 Å². The third kappa shape index (κ3) is 1.72. The molecule has 1 aliphatic heterocycles. The highest BCUT2D eigenvalue weighted by Crippen LogP contribution is 2.36. The third-order valence-corrected chi connectivity index (χ3v) is 3.58. The Hall–Kier alpha value is -1.76. The first-order valence-corrected chi connectivity index (χ1v) is 6.10. The van der Waals surface area contributed by atoms with Gasteiger partial charge in [0.05, 0.1) is 0 Å². The van der Waals surface area contributed by atoms with Gasteiger partial charge >= 0.3 is 0 Å². The van der Waals surface area contributed by atoms with E-state index in [-0.39, 0.29) is 0 Å². The zero-order valence-corrected chi connectivity index (χ0v) is 10.3. The molecule has 0 N–H and O–H groups in total. The summed E-state index contributed by atoms with van der Waals surface area (Å²) in [5, 5.41) is 0. The van der Waals surface area contributed by atoms with Gasteiger partial charge in [-0.3, -0.25) is 0 Å². The van der Waals surface area contributed by atoms with E-state index in [1.54, 1.807) is 0 Å². The lowest BCUT2D eigenvalue weighted by molar-refractivity contribution is 0.478. The maximum Gasteiger partial charge on any atom is 0.130 e. The van der Waals surface area contributed by atoms with Crippen LogP contribution in [0.5, 0.6) is 11.5 Å². The molecule has 17 heavy (non-hydrogen) atoms. The van der Waals surface area contributed by atoms with Crippen LogP contribution in [0.25, 0.3) is 0 Å². The summed E-state index contributed by atoms with van der Waals surface area (Å²) in [4.78, 5) is 0. The molecule has 0 spiro atoms. The summed E-state index contributed by atoms with van der Waals surface area (Å²) < 4.78 is 6.06. The van der Waals surface area contributed by atoms with Crippen molar-refractivity contribution in [3.63, 3.8) is 0 Å². The second-order valence-electron chi connectivity index (χ2n) is 4.71. The summed E-state index contributed by atoms with van der Waals surface area (Å²) in [6.07, 6.45) is 2.14. The van der Waals surface area contributed by atoms with Gasteiger partial charge in [-0.1, -0.05) is 24.3 Å². The largest absolute Gasteiger partial charge is 0.457 e. The molecule has 0 aromatic heterocycles. The van der Waals surface area contributed by atoms with Crippen LogP contribution in [0.3, 0.4) is 0 Å². The predicted octanol–water partition coefficient (Wildman–Crippen LogP) is 4.19. The average Bonchev–Trinajstić information content (AvgIpc) is 2.50. The van der Waals surface area contributed by atoms with Crippen molar-refractivity contribution < 1.29 is 4.74 Å². The minimum absolute atomic E-state index is 1.02. The van der Waals surface area contributed by atoms with Gasteiger partial charge in [-0.25, -0.2) is 0 Å². The third-order valence-electron chi connectivity index (χ3n) is 3.58. The van der Waals surface area contributed by atoms with Crippen molar-refractivity contribution in [3.8, 4) is 11.5 Å². The topological polar surface area (TPSA) is 9.23 Å². The van der Waals surface area contributed by atoms with Crippen LogP contribution in [-0.2, 0) is 12.8 Å². The molecule has 0 atom stereocenters. The monoisotopic (exact) mass is 224 g/mol. The SMILES string of the molecule is Cc1cccc2c1CCc1c(C)cccc1O2. The molecule has 0 bridgehead atoms. The smallest absolute Gasteiger partial charge is 0.130 e. The van der Waals surface area contributed by atoms with E-state index in [0.717, 1.165) is 24.3 Å². The van der Waals surface area contributed by atoms with E-state index in [0.29, 0.717) is 0 Å². The summed E-state index contributed by atoms with van der Waals surface area (Å²) in [6, 6.07) is 12.6. The van der Waals surface area contributed by atoms with E-state index in [2.05, 4.69) is 50.2 Å². The van der Waals surface area contributed by atoms with Crippen LogP contribution in [0.4, 0.5) is 0 Å². The lowest BCUT2D eigenvalue weighted by Crippen LogP contribution is -1.93. The number of ether oxygens (including phenoxy) is 1. The molecule has 3 rings (SSSR count). The van der Waals surface area contributed by atoms with Gasteiger partial charge in [0.1, 0.15) is 11.5 Å². The highest BCUT2D eigenvalue weighted by molar-refractivity contribution is 5.49. The van der Waals surface area contributed by atoms with Gasteiger partial charge in [-0.15, -0.1) is 0 Å². The van der Waals surface area contributed by atoms with Gasteiger partial charge in [0.15, 0.2) is 0 Å². The minimum atomic E-state index is 1.02. The molecular weight excluding hydrogens is 208 g/mol. The number of benzene rings is 2. The van der Waals surface area contributed by atoms with E-state index in [1.807, 2.05) is 0 Å². The fourth-order valence-corrected chi connectivity index (χ4v) is 2.55. The van der Waals surface area contributed by atoms with E-state index in [9.17, 15) is 0 Å². The molecule has 0 aliphatic carbocycles. The zero-order chi connectivity index (χ0) is 11.8. The summed E-state index contributed by atoms with van der Waals surface area (Å²) in [6.45, 7) is 4.32. The normalized spacial score (nSPS) is 13.3. The van der Waals surface area contributed by atoms with Crippen LogP contribution in [0, 0.1) is 13.8 Å². The van der Waals surface area contributed by atoms with Crippen LogP contribution in [0.15, 0.2) is 36.4 Å². The second-order valence-corrected chi connectivity index (χ2v) is 4.71. The minimum Gasteiger partial charge on any atom is -0.457 e. The van der Waals surface area contributed by atoms with Gasteiger partial charge in [-0.05, 0) is 61.1 Å². The standard InChI is InChI=1S/C16H16O/c1-11-5-3-7-15-13(11)9-10-14-12(2)6-4-8-16(14)17-15/h3-8H,9-10H2,1-2H3. The van der Waals surface area contributed by atoms with E-state index in [1.165, 1.54) is 22.3 Å². The van der Waals surface area contributed by atoms with Crippen molar-refractivity contribution in [2.24, 2.45) is 0 Å². The molecule has 0 saturated carbocycles. The lowest BCUT2D eigenvalue weighted by Gasteiger charge is -2.10. The summed E-state index contributed by atoms with van der Waals surface area (Å²) in [5.74, 6) is 2.05. The Morgan fingerprint density at radius 2 is 1.24 bits per heavy atom. The fraction of sp³-hybridized carbons (Fsp3) is 0.250. The Bertz CT molecular complexity index is 518. The molecule has 86 valence electrons. The maximum atomic E-state index is 6.06. The molecule has 1 nitrogen and oxygen atoms in total. The molecule has 1 aliphatic rings. The average molecular weight is 224 g/mol. The number of rotatable bonds is 0. The number of hydrogen-bond donors (Lipinski definition) is 0.